The predicted molar refractivity (Wildman–Crippen MR) is 82.8 cm³/mol. The van der Waals surface area contributed by atoms with Gasteiger partial charge in [-0.3, -0.25) is 0 Å². The molecule has 0 aliphatic heterocycles. The first kappa shape index (κ1) is 15.8. The highest BCUT2D eigenvalue weighted by atomic mass is 31.0. The van der Waals surface area contributed by atoms with Gasteiger partial charge in [0.15, 0.2) is 0 Å². The summed E-state index contributed by atoms with van der Waals surface area (Å²) in [6.07, 6.45) is 16.1. The van der Waals surface area contributed by atoms with Gasteiger partial charge in [-0.15, -0.1) is 0 Å². The Kier molecular flexibility index (Phi) is 9.30. The molecule has 0 bridgehead atoms. The van der Waals surface area contributed by atoms with Gasteiger partial charge in [-0.1, -0.05) is 64.7 Å². The molecule has 1 rings (SSSR count). The molecule has 18 heavy (non-hydrogen) atoms. The lowest BCUT2D eigenvalue weighted by atomic mass is 10.1. The molecular formula is C16H28NP. The normalized spacial score (nSPS) is 11.0. The zero-order valence-corrected chi connectivity index (χ0v) is 12.8. The van der Waals surface area contributed by atoms with Crippen molar-refractivity contribution in [3.05, 3.63) is 18.3 Å². The second kappa shape index (κ2) is 10.6. The van der Waals surface area contributed by atoms with Crippen LogP contribution < -0.4 is 5.44 Å². The Hall–Kier alpha value is -0.290. The number of nitrogens with zero attached hydrogens (tertiary/aromatic N) is 1. The lowest BCUT2D eigenvalue weighted by Crippen LogP contribution is -2.08. The molecule has 0 fully saturated rings. The van der Waals surface area contributed by atoms with Crippen molar-refractivity contribution in [3.8, 4) is 0 Å². The molecule has 0 N–H and O–H groups in total. The minimum absolute atomic E-state index is 1.09. The third-order valence-corrected chi connectivity index (χ3v) is 3.96. The summed E-state index contributed by atoms with van der Waals surface area (Å²) in [5.41, 5.74) is 1.09. The van der Waals surface area contributed by atoms with E-state index in [4.69, 9.17) is 0 Å². The third kappa shape index (κ3) is 7.21. The topological polar surface area (TPSA) is 4.93 Å². The maximum absolute atomic E-state index is 4.41. The van der Waals surface area contributed by atoms with Gasteiger partial charge < -0.3 is 4.57 Å². The van der Waals surface area contributed by atoms with E-state index in [2.05, 4.69) is 39.1 Å². The van der Waals surface area contributed by atoms with Crippen LogP contribution in [0.25, 0.3) is 0 Å². The second-order valence-corrected chi connectivity index (χ2v) is 5.70. The summed E-state index contributed by atoms with van der Waals surface area (Å²) < 4.78 is 2.23. The van der Waals surface area contributed by atoms with Gasteiger partial charge in [-0.25, -0.2) is 0 Å². The lowest BCUT2D eigenvalue weighted by Gasteiger charge is -2.05. The Morgan fingerprint density at radius 3 is 1.94 bits per heavy atom. The maximum atomic E-state index is 4.41. The van der Waals surface area contributed by atoms with E-state index in [-0.39, 0.29) is 0 Å². The fraction of sp³-hybridized carbons (Fsp3) is 0.750. The van der Waals surface area contributed by atoms with Crippen LogP contribution in [0.15, 0.2) is 18.3 Å². The van der Waals surface area contributed by atoms with Crippen LogP contribution in [-0.2, 0) is 6.54 Å². The van der Waals surface area contributed by atoms with Gasteiger partial charge in [0.05, 0.1) is 5.44 Å². The molecule has 0 saturated heterocycles. The van der Waals surface area contributed by atoms with Crippen LogP contribution in [0.1, 0.15) is 71.1 Å². The maximum Gasteiger partial charge on any atom is 0.0513 e. The van der Waals surface area contributed by atoms with Crippen LogP contribution in [0.3, 0.4) is 0 Å². The molecule has 2 heteroatoms. The van der Waals surface area contributed by atoms with Crippen molar-refractivity contribution in [2.24, 2.45) is 0 Å². The van der Waals surface area contributed by atoms with Crippen molar-refractivity contribution in [1.82, 2.24) is 4.57 Å². The summed E-state index contributed by atoms with van der Waals surface area (Å²) in [7, 11) is 4.41. The molecule has 1 nitrogen and oxygen atoms in total. The molecule has 0 saturated carbocycles. The third-order valence-electron chi connectivity index (χ3n) is 3.56. The Morgan fingerprint density at radius 2 is 1.44 bits per heavy atom. The van der Waals surface area contributed by atoms with Gasteiger partial charge in [0, 0.05) is 22.0 Å². The van der Waals surface area contributed by atoms with E-state index in [0.29, 0.717) is 0 Å². The summed E-state index contributed by atoms with van der Waals surface area (Å²) in [5, 5.41) is 0. The highest BCUT2D eigenvalue weighted by Crippen LogP contribution is 2.11. The van der Waals surface area contributed by atoms with Crippen LogP contribution in [0.4, 0.5) is 0 Å². The van der Waals surface area contributed by atoms with Crippen molar-refractivity contribution in [2.45, 2.75) is 77.7 Å². The molecule has 0 atom stereocenters. The highest BCUT2D eigenvalue weighted by molar-refractivity contribution is 7.27. The standard InChI is InChI=1S/C16H28NP/c1-2-3-4-5-6-7-8-9-10-11-14-17-15-12-13-16(17)18/h12-13,15H,2-11,14H2,1H3. The Labute approximate surface area is 116 Å². The van der Waals surface area contributed by atoms with E-state index in [1.807, 2.05) is 0 Å². The first-order valence-electron chi connectivity index (χ1n) is 7.68. The molecule has 0 spiro atoms. The molecule has 102 valence electrons. The molecule has 2 radical (unpaired) electrons. The molecule has 1 heterocycles. The second-order valence-electron chi connectivity index (χ2n) is 5.24. The van der Waals surface area contributed by atoms with Gasteiger partial charge in [0.1, 0.15) is 0 Å². The number of aromatic nitrogens is 1. The molecule has 0 amide bonds. The molecule has 0 aliphatic rings. The summed E-state index contributed by atoms with van der Waals surface area (Å²) in [4.78, 5) is 0. The van der Waals surface area contributed by atoms with Crippen LogP contribution >= 0.6 is 9.24 Å². The van der Waals surface area contributed by atoms with Crippen molar-refractivity contribution in [3.63, 3.8) is 0 Å². The van der Waals surface area contributed by atoms with Crippen molar-refractivity contribution in [2.75, 3.05) is 0 Å². The number of unbranched alkanes of at least 4 members (excludes halogenated alkanes) is 9. The zero-order valence-electron chi connectivity index (χ0n) is 11.9. The van der Waals surface area contributed by atoms with Gasteiger partial charge in [0.2, 0.25) is 0 Å². The fourth-order valence-corrected chi connectivity index (χ4v) is 2.62. The molecule has 0 unspecified atom stereocenters. The number of hydrogen-bond donors (Lipinski definition) is 0. The van der Waals surface area contributed by atoms with Crippen molar-refractivity contribution in [1.29, 1.82) is 0 Å². The zero-order chi connectivity index (χ0) is 13.1. The summed E-state index contributed by atoms with van der Waals surface area (Å²) >= 11 is 0. The average Bonchev–Trinajstić information content (AvgIpc) is 2.77. The molecular weight excluding hydrogens is 237 g/mol. The highest BCUT2D eigenvalue weighted by Gasteiger charge is 1.96. The monoisotopic (exact) mass is 265 g/mol. The summed E-state index contributed by atoms with van der Waals surface area (Å²) in [5.74, 6) is 0. The van der Waals surface area contributed by atoms with E-state index in [1.54, 1.807) is 0 Å². The summed E-state index contributed by atoms with van der Waals surface area (Å²) in [6.45, 7) is 3.41. The average molecular weight is 265 g/mol. The van der Waals surface area contributed by atoms with Crippen LogP contribution in [-0.4, -0.2) is 4.57 Å². The van der Waals surface area contributed by atoms with Crippen LogP contribution in [0.5, 0.6) is 0 Å². The predicted octanol–water partition coefficient (Wildman–Crippen LogP) is 5.44. The van der Waals surface area contributed by atoms with E-state index in [1.165, 1.54) is 64.2 Å². The minimum atomic E-state index is 1.09. The molecule has 0 aliphatic carbocycles. The Balaban J connectivity index is 1.83. The fourth-order valence-electron chi connectivity index (χ4n) is 2.36. The van der Waals surface area contributed by atoms with Crippen LogP contribution in [0.2, 0.25) is 0 Å². The van der Waals surface area contributed by atoms with Gasteiger partial charge in [-0.2, -0.15) is 0 Å². The smallest absolute Gasteiger partial charge is 0.0513 e. The molecule has 0 aromatic carbocycles. The van der Waals surface area contributed by atoms with E-state index in [9.17, 15) is 0 Å². The molecule has 1 aromatic heterocycles. The van der Waals surface area contributed by atoms with Gasteiger partial charge in [-0.05, 0) is 18.6 Å². The minimum Gasteiger partial charge on any atom is -0.347 e. The SMILES string of the molecule is CCCCCCCCCCCCn1cccc1[P]. The van der Waals surface area contributed by atoms with E-state index >= 15 is 0 Å². The quantitative estimate of drug-likeness (QED) is 0.370. The van der Waals surface area contributed by atoms with E-state index in [0.717, 1.165) is 12.0 Å². The van der Waals surface area contributed by atoms with Crippen molar-refractivity contribution < 1.29 is 0 Å². The van der Waals surface area contributed by atoms with E-state index < -0.39 is 0 Å². The number of rotatable bonds is 11. The van der Waals surface area contributed by atoms with Gasteiger partial charge in [0.25, 0.3) is 0 Å². The molecule has 1 aromatic rings. The largest absolute Gasteiger partial charge is 0.347 e. The number of aryl methyl sites for hydroxylation is 1. The van der Waals surface area contributed by atoms with Crippen LogP contribution in [0, 0.1) is 0 Å². The Bertz CT molecular complexity index is 293. The lowest BCUT2D eigenvalue weighted by molar-refractivity contribution is 0.538. The summed E-state index contributed by atoms with van der Waals surface area (Å²) in [6, 6.07) is 4.12. The van der Waals surface area contributed by atoms with Crippen molar-refractivity contribution >= 4 is 14.7 Å². The number of hydrogen-bond acceptors (Lipinski definition) is 0. The van der Waals surface area contributed by atoms with Gasteiger partial charge >= 0.3 is 0 Å². The Morgan fingerprint density at radius 1 is 0.889 bits per heavy atom. The first-order valence-corrected chi connectivity index (χ1v) is 8.13. The first-order chi connectivity index (χ1) is 8.84.